The molecule has 0 radical (unpaired) electrons. The van der Waals surface area contributed by atoms with Crippen LogP contribution < -0.4 is 10.1 Å². The minimum atomic E-state index is -1.05. The van der Waals surface area contributed by atoms with E-state index < -0.39 is 5.60 Å². The Hall–Kier alpha value is -1.80. The van der Waals surface area contributed by atoms with Gasteiger partial charge in [0.25, 0.3) is 0 Å². The average Bonchev–Trinajstić information content (AvgIpc) is 3.33. The van der Waals surface area contributed by atoms with E-state index in [4.69, 9.17) is 32.5 Å². The predicted octanol–water partition coefficient (Wildman–Crippen LogP) is 6.20. The molecule has 164 valence electrons. The van der Waals surface area contributed by atoms with Gasteiger partial charge in [0.05, 0.1) is 10.0 Å². The lowest BCUT2D eigenvalue weighted by atomic mass is 10.1. The summed E-state index contributed by atoms with van der Waals surface area (Å²) in [6, 6.07) is 15.0. The van der Waals surface area contributed by atoms with Gasteiger partial charge in [-0.3, -0.25) is 0 Å². The summed E-state index contributed by atoms with van der Waals surface area (Å²) < 4.78 is 12.2. The van der Waals surface area contributed by atoms with E-state index in [0.717, 1.165) is 27.1 Å². The zero-order chi connectivity index (χ0) is 21.1. The zero-order valence-corrected chi connectivity index (χ0v) is 19.7. The summed E-state index contributed by atoms with van der Waals surface area (Å²) in [5, 5.41) is 21.0. The van der Waals surface area contributed by atoms with Crippen LogP contribution >= 0.6 is 46.9 Å². The van der Waals surface area contributed by atoms with Gasteiger partial charge >= 0.3 is 0 Å². The van der Waals surface area contributed by atoms with Gasteiger partial charge in [0.2, 0.25) is 0 Å². The van der Waals surface area contributed by atoms with Gasteiger partial charge < -0.3 is 19.7 Å². The van der Waals surface area contributed by atoms with Gasteiger partial charge in [0, 0.05) is 18.7 Å². The molecule has 0 aliphatic rings. The fourth-order valence-electron chi connectivity index (χ4n) is 3.01. The number of halogens is 3. The molecule has 0 aliphatic heterocycles. The van der Waals surface area contributed by atoms with Crippen molar-refractivity contribution in [2.24, 2.45) is 0 Å². The van der Waals surface area contributed by atoms with Crippen LogP contribution in [0.2, 0.25) is 10.0 Å². The zero-order valence-electron chi connectivity index (χ0n) is 16.6. The average molecular weight is 500 g/mol. The van der Waals surface area contributed by atoms with Crippen molar-refractivity contribution in [2.45, 2.75) is 19.1 Å². The topological polar surface area (TPSA) is 67.5 Å². The molecule has 0 saturated carbocycles. The maximum Gasteiger partial charge on any atom is 0.178 e. The van der Waals surface area contributed by atoms with Crippen LogP contribution in [0.4, 0.5) is 0 Å². The molecular formula is C22H21Cl3N2O3S. The number of hydrogen-bond acceptors (Lipinski definition) is 6. The minimum absolute atomic E-state index is 0. The highest BCUT2D eigenvalue weighted by atomic mass is 35.5. The van der Waals surface area contributed by atoms with Crippen LogP contribution in [0.15, 0.2) is 58.4 Å². The maximum atomic E-state index is 10.7. The molecule has 9 heteroatoms. The molecule has 0 fully saturated rings. The fourth-order valence-corrected chi connectivity index (χ4v) is 4.15. The molecule has 5 nitrogen and oxygen atoms in total. The predicted molar refractivity (Wildman–Crippen MR) is 129 cm³/mol. The van der Waals surface area contributed by atoms with Crippen LogP contribution in [-0.2, 0) is 6.54 Å². The van der Waals surface area contributed by atoms with Gasteiger partial charge in [-0.05, 0) is 48.2 Å². The Morgan fingerprint density at radius 1 is 1.16 bits per heavy atom. The first-order chi connectivity index (χ1) is 14.4. The summed E-state index contributed by atoms with van der Waals surface area (Å²) in [5.74, 6) is 0.657. The van der Waals surface area contributed by atoms with Crippen LogP contribution in [0.3, 0.4) is 0 Å². The van der Waals surface area contributed by atoms with E-state index in [-0.39, 0.29) is 19.0 Å². The second-order valence-corrected chi connectivity index (χ2v) is 9.04. The molecular weight excluding hydrogens is 479 g/mol. The van der Waals surface area contributed by atoms with Crippen molar-refractivity contribution in [1.82, 2.24) is 10.5 Å². The summed E-state index contributed by atoms with van der Waals surface area (Å²) in [4.78, 5) is 0. The number of fused-ring (bicyclic) bond motifs is 1. The molecule has 1 atom stereocenters. The summed E-state index contributed by atoms with van der Waals surface area (Å²) in [5.41, 5.74) is 2.41. The van der Waals surface area contributed by atoms with Crippen LogP contribution in [0.25, 0.3) is 21.5 Å². The summed E-state index contributed by atoms with van der Waals surface area (Å²) >= 11 is 13.6. The Morgan fingerprint density at radius 3 is 2.81 bits per heavy atom. The maximum absolute atomic E-state index is 10.7. The molecule has 0 bridgehead atoms. The van der Waals surface area contributed by atoms with Crippen LogP contribution in [0, 0.1) is 0 Å². The Labute approximate surface area is 200 Å². The first-order valence-corrected chi connectivity index (χ1v) is 11.0. The van der Waals surface area contributed by atoms with E-state index in [0.29, 0.717) is 28.9 Å². The van der Waals surface area contributed by atoms with Crippen molar-refractivity contribution >= 4 is 57.2 Å². The van der Waals surface area contributed by atoms with Gasteiger partial charge in [-0.2, -0.15) is 0 Å². The number of aliphatic hydroxyl groups is 1. The van der Waals surface area contributed by atoms with Crippen molar-refractivity contribution in [3.8, 4) is 17.0 Å². The SMILES string of the molecule is C[C@](O)(CNCc1ccc(Cl)c(Cl)c1)COc1cccc(-c2noc3ccsc23)c1.Cl. The van der Waals surface area contributed by atoms with E-state index in [1.807, 2.05) is 47.8 Å². The van der Waals surface area contributed by atoms with E-state index >= 15 is 0 Å². The molecule has 4 rings (SSSR count). The van der Waals surface area contributed by atoms with Crippen molar-refractivity contribution in [3.63, 3.8) is 0 Å². The fraction of sp³-hybridized carbons (Fsp3) is 0.227. The van der Waals surface area contributed by atoms with Crippen molar-refractivity contribution in [2.75, 3.05) is 13.2 Å². The van der Waals surface area contributed by atoms with Crippen LogP contribution in [0.1, 0.15) is 12.5 Å². The lowest BCUT2D eigenvalue weighted by Gasteiger charge is -2.24. The van der Waals surface area contributed by atoms with E-state index in [9.17, 15) is 5.11 Å². The molecule has 2 aromatic heterocycles. The number of ether oxygens (including phenoxy) is 1. The van der Waals surface area contributed by atoms with Gasteiger partial charge in [-0.25, -0.2) is 0 Å². The molecule has 0 unspecified atom stereocenters. The van der Waals surface area contributed by atoms with Crippen molar-refractivity contribution in [1.29, 1.82) is 0 Å². The number of benzene rings is 2. The third-order valence-electron chi connectivity index (χ3n) is 4.56. The molecule has 2 heterocycles. The molecule has 4 aromatic rings. The lowest BCUT2D eigenvalue weighted by Crippen LogP contribution is -2.42. The van der Waals surface area contributed by atoms with Crippen molar-refractivity contribution < 1.29 is 14.4 Å². The minimum Gasteiger partial charge on any atom is -0.491 e. The lowest BCUT2D eigenvalue weighted by molar-refractivity contribution is 0.0121. The molecule has 0 aliphatic carbocycles. The second-order valence-electron chi connectivity index (χ2n) is 7.31. The highest BCUT2D eigenvalue weighted by Gasteiger charge is 2.21. The number of hydrogen-bond donors (Lipinski definition) is 2. The Balaban J connectivity index is 0.00000272. The Kier molecular flexibility index (Phi) is 7.86. The molecule has 31 heavy (non-hydrogen) atoms. The van der Waals surface area contributed by atoms with Crippen molar-refractivity contribution in [3.05, 3.63) is 69.5 Å². The van der Waals surface area contributed by atoms with Crippen LogP contribution in [0.5, 0.6) is 5.75 Å². The molecule has 2 N–H and O–H groups in total. The van der Waals surface area contributed by atoms with Gasteiger partial charge in [-0.15, -0.1) is 23.7 Å². The third kappa shape index (κ3) is 5.92. The second kappa shape index (κ2) is 10.2. The smallest absolute Gasteiger partial charge is 0.178 e. The summed E-state index contributed by atoms with van der Waals surface area (Å²) in [6.45, 7) is 2.78. The third-order valence-corrected chi connectivity index (χ3v) is 6.20. The number of thiophene rings is 1. The Bertz CT molecular complexity index is 1160. The first kappa shape index (κ1) is 23.9. The van der Waals surface area contributed by atoms with E-state index in [2.05, 4.69) is 10.5 Å². The Morgan fingerprint density at radius 2 is 2.00 bits per heavy atom. The van der Waals surface area contributed by atoms with E-state index in [1.54, 1.807) is 24.3 Å². The molecule has 0 amide bonds. The monoisotopic (exact) mass is 498 g/mol. The highest BCUT2D eigenvalue weighted by molar-refractivity contribution is 7.17. The standard InChI is InChI=1S/C22H20Cl2N2O3S.ClH/c1-22(27,12-25-11-14-5-6-17(23)18(24)9-14)13-28-16-4-2-3-15(10-16)20-21-19(29-26-20)7-8-30-21;/h2-10,25,27H,11-13H2,1H3;1H/t22-;/m0./s1. The molecule has 0 saturated heterocycles. The van der Waals surface area contributed by atoms with E-state index in [1.165, 1.54) is 0 Å². The first-order valence-electron chi connectivity index (χ1n) is 9.34. The number of rotatable bonds is 8. The number of nitrogens with zero attached hydrogens (tertiary/aromatic N) is 1. The summed E-state index contributed by atoms with van der Waals surface area (Å²) in [7, 11) is 0. The highest BCUT2D eigenvalue weighted by Crippen LogP contribution is 2.33. The van der Waals surface area contributed by atoms with Gasteiger partial charge in [-0.1, -0.05) is 46.6 Å². The largest absolute Gasteiger partial charge is 0.491 e. The number of nitrogens with one attached hydrogen (secondary N) is 1. The van der Waals surface area contributed by atoms with Gasteiger partial charge in [0.1, 0.15) is 28.4 Å². The van der Waals surface area contributed by atoms with Crippen LogP contribution in [-0.4, -0.2) is 29.0 Å². The summed E-state index contributed by atoms with van der Waals surface area (Å²) in [6.07, 6.45) is 0. The quantitative estimate of drug-likeness (QED) is 0.302. The normalized spacial score (nSPS) is 13.0. The molecule has 2 aromatic carbocycles. The number of aromatic nitrogens is 1. The van der Waals surface area contributed by atoms with Gasteiger partial charge in [0.15, 0.2) is 5.58 Å². The molecule has 0 spiro atoms.